The number of nitrogen functional groups attached to an aromatic ring is 1. The van der Waals surface area contributed by atoms with Crippen LogP contribution in [-0.2, 0) is 14.6 Å². The Hall–Kier alpha value is -1.28. The lowest BCUT2D eigenvalue weighted by atomic mass is 10.3. The van der Waals surface area contributed by atoms with E-state index in [4.69, 9.17) is 10.5 Å². The van der Waals surface area contributed by atoms with E-state index in [1.165, 1.54) is 0 Å². The summed E-state index contributed by atoms with van der Waals surface area (Å²) in [5.41, 5.74) is 5.74. The second kappa shape index (κ2) is 5.79. The second-order valence-corrected chi connectivity index (χ2v) is 7.27. The standard InChI is InChI=1S/C11H18N2O4S2/c1-5-17-11(14)8-7(12)9(19(4,15)16)10(18-8)13-6(2)3/h6,13H,5,12H2,1-4H3. The van der Waals surface area contributed by atoms with Gasteiger partial charge in [-0.2, -0.15) is 0 Å². The molecule has 0 saturated heterocycles. The minimum Gasteiger partial charge on any atom is -0.462 e. The second-order valence-electron chi connectivity index (χ2n) is 4.29. The lowest BCUT2D eigenvalue weighted by Gasteiger charge is -2.09. The van der Waals surface area contributed by atoms with Crippen LogP contribution in [0, 0.1) is 0 Å². The summed E-state index contributed by atoms with van der Waals surface area (Å²) in [5, 5.41) is 3.36. The first-order valence-corrected chi connectivity index (χ1v) is 8.45. The molecule has 0 unspecified atom stereocenters. The van der Waals surface area contributed by atoms with Crippen molar-refractivity contribution in [1.82, 2.24) is 0 Å². The molecule has 0 amide bonds. The van der Waals surface area contributed by atoms with Gasteiger partial charge in [0.05, 0.1) is 12.3 Å². The van der Waals surface area contributed by atoms with Crippen LogP contribution in [0.25, 0.3) is 0 Å². The molecule has 6 nitrogen and oxygen atoms in total. The molecule has 0 saturated carbocycles. The summed E-state index contributed by atoms with van der Waals surface area (Å²) >= 11 is 1.000. The van der Waals surface area contributed by atoms with E-state index < -0.39 is 15.8 Å². The van der Waals surface area contributed by atoms with Crippen LogP contribution in [0.4, 0.5) is 10.7 Å². The van der Waals surface area contributed by atoms with E-state index in [1.807, 2.05) is 13.8 Å². The molecule has 0 aliphatic carbocycles. The van der Waals surface area contributed by atoms with Crippen molar-refractivity contribution in [3.8, 4) is 0 Å². The van der Waals surface area contributed by atoms with Crippen LogP contribution in [0.2, 0.25) is 0 Å². The Labute approximate surface area is 116 Å². The SMILES string of the molecule is CCOC(=O)c1sc(NC(C)C)c(S(C)(=O)=O)c1N. The van der Waals surface area contributed by atoms with Crippen LogP contribution < -0.4 is 11.1 Å². The fourth-order valence-corrected chi connectivity index (χ4v) is 4.10. The molecule has 0 atom stereocenters. The molecule has 0 radical (unpaired) electrons. The Bertz CT molecular complexity index is 576. The molecular formula is C11H18N2O4S2. The average Bonchev–Trinajstić information content (AvgIpc) is 2.54. The summed E-state index contributed by atoms with van der Waals surface area (Å²) in [6.07, 6.45) is 1.06. The van der Waals surface area contributed by atoms with E-state index in [0.717, 1.165) is 17.6 Å². The van der Waals surface area contributed by atoms with Crippen molar-refractivity contribution in [2.24, 2.45) is 0 Å². The van der Waals surface area contributed by atoms with Crippen molar-refractivity contribution in [2.45, 2.75) is 31.7 Å². The van der Waals surface area contributed by atoms with E-state index in [-0.39, 0.29) is 28.1 Å². The number of carbonyl (C=O) groups is 1. The Morgan fingerprint density at radius 3 is 2.47 bits per heavy atom. The molecule has 0 bridgehead atoms. The zero-order valence-corrected chi connectivity index (χ0v) is 12.9. The number of ether oxygens (including phenoxy) is 1. The highest BCUT2D eigenvalue weighted by Crippen LogP contribution is 2.39. The zero-order valence-electron chi connectivity index (χ0n) is 11.3. The van der Waals surface area contributed by atoms with Crippen LogP contribution in [-0.4, -0.2) is 33.3 Å². The van der Waals surface area contributed by atoms with Gasteiger partial charge in [0.1, 0.15) is 14.8 Å². The lowest BCUT2D eigenvalue weighted by Crippen LogP contribution is -2.12. The summed E-state index contributed by atoms with van der Waals surface area (Å²) in [6.45, 7) is 5.61. The maximum absolute atomic E-state index is 11.8. The molecule has 0 aromatic carbocycles. The van der Waals surface area contributed by atoms with Gasteiger partial charge in [0, 0.05) is 12.3 Å². The molecular weight excluding hydrogens is 288 g/mol. The highest BCUT2D eigenvalue weighted by atomic mass is 32.2. The fourth-order valence-electron chi connectivity index (χ4n) is 1.50. The van der Waals surface area contributed by atoms with Crippen LogP contribution >= 0.6 is 11.3 Å². The van der Waals surface area contributed by atoms with Gasteiger partial charge in [0.2, 0.25) is 0 Å². The van der Waals surface area contributed by atoms with Gasteiger partial charge in [-0.25, -0.2) is 13.2 Å². The van der Waals surface area contributed by atoms with E-state index in [1.54, 1.807) is 6.92 Å². The minimum atomic E-state index is -3.52. The van der Waals surface area contributed by atoms with Crippen LogP contribution in [0.3, 0.4) is 0 Å². The normalized spacial score (nSPS) is 11.6. The number of nitrogens with two attached hydrogens (primary N) is 1. The van der Waals surface area contributed by atoms with E-state index >= 15 is 0 Å². The van der Waals surface area contributed by atoms with E-state index in [9.17, 15) is 13.2 Å². The Morgan fingerprint density at radius 2 is 2.05 bits per heavy atom. The fraction of sp³-hybridized carbons (Fsp3) is 0.545. The van der Waals surface area contributed by atoms with Gasteiger partial charge < -0.3 is 15.8 Å². The molecule has 1 aromatic heterocycles. The predicted octanol–water partition coefficient (Wildman–Crippen LogP) is 1.73. The van der Waals surface area contributed by atoms with Crippen LogP contribution in [0.5, 0.6) is 0 Å². The van der Waals surface area contributed by atoms with E-state index in [0.29, 0.717) is 5.00 Å². The Morgan fingerprint density at radius 1 is 1.47 bits per heavy atom. The molecule has 1 rings (SSSR count). The summed E-state index contributed by atoms with van der Waals surface area (Å²) in [5.74, 6) is -0.605. The molecule has 1 heterocycles. The highest BCUT2D eigenvalue weighted by Gasteiger charge is 2.27. The van der Waals surface area contributed by atoms with Crippen molar-refractivity contribution in [1.29, 1.82) is 0 Å². The largest absolute Gasteiger partial charge is 0.462 e. The van der Waals surface area contributed by atoms with Gasteiger partial charge in [0.25, 0.3) is 0 Å². The molecule has 108 valence electrons. The predicted molar refractivity (Wildman–Crippen MR) is 76.6 cm³/mol. The topological polar surface area (TPSA) is 98.5 Å². The summed E-state index contributed by atoms with van der Waals surface area (Å²) in [4.78, 5) is 11.8. The Kier molecular flexibility index (Phi) is 4.81. The number of hydrogen-bond donors (Lipinski definition) is 2. The molecule has 8 heteroatoms. The number of carbonyl (C=O) groups excluding carboxylic acids is 1. The summed E-state index contributed by atoms with van der Waals surface area (Å²) < 4.78 is 28.4. The summed E-state index contributed by atoms with van der Waals surface area (Å²) in [6, 6.07) is 0.0218. The number of hydrogen-bond acceptors (Lipinski definition) is 7. The summed E-state index contributed by atoms with van der Waals surface area (Å²) in [7, 11) is -3.52. The van der Waals surface area contributed by atoms with Gasteiger partial charge in [0.15, 0.2) is 9.84 Å². The number of rotatable bonds is 5. The first kappa shape index (κ1) is 15.8. The van der Waals surface area contributed by atoms with Gasteiger partial charge in [-0.15, -0.1) is 11.3 Å². The van der Waals surface area contributed by atoms with Crippen molar-refractivity contribution in [2.75, 3.05) is 23.9 Å². The molecule has 1 aromatic rings. The maximum Gasteiger partial charge on any atom is 0.350 e. The third-order valence-corrected chi connectivity index (χ3v) is 4.56. The van der Waals surface area contributed by atoms with Crippen LogP contribution in [0.1, 0.15) is 30.4 Å². The number of sulfone groups is 1. The third-order valence-electron chi connectivity index (χ3n) is 2.15. The first-order valence-electron chi connectivity index (χ1n) is 5.74. The van der Waals surface area contributed by atoms with Crippen molar-refractivity contribution in [3.05, 3.63) is 4.88 Å². The monoisotopic (exact) mass is 306 g/mol. The number of thiophene rings is 1. The van der Waals surface area contributed by atoms with Gasteiger partial charge in [-0.3, -0.25) is 0 Å². The quantitative estimate of drug-likeness (QED) is 0.804. The lowest BCUT2D eigenvalue weighted by molar-refractivity contribution is 0.0533. The van der Waals surface area contributed by atoms with E-state index in [2.05, 4.69) is 5.32 Å². The van der Waals surface area contributed by atoms with Gasteiger partial charge in [-0.1, -0.05) is 0 Å². The molecule has 0 aliphatic rings. The first-order chi connectivity index (χ1) is 8.68. The number of nitrogens with one attached hydrogen (secondary N) is 1. The van der Waals surface area contributed by atoms with Crippen molar-refractivity contribution < 1.29 is 17.9 Å². The molecule has 0 aliphatic heterocycles. The smallest absolute Gasteiger partial charge is 0.350 e. The van der Waals surface area contributed by atoms with Crippen molar-refractivity contribution in [3.63, 3.8) is 0 Å². The molecule has 3 N–H and O–H groups in total. The average molecular weight is 306 g/mol. The van der Waals surface area contributed by atoms with Gasteiger partial charge in [-0.05, 0) is 20.8 Å². The zero-order chi connectivity index (χ0) is 14.8. The Balaban J connectivity index is 3.39. The number of anilines is 2. The molecule has 19 heavy (non-hydrogen) atoms. The van der Waals surface area contributed by atoms with Crippen LogP contribution in [0.15, 0.2) is 4.90 Å². The molecule has 0 spiro atoms. The van der Waals surface area contributed by atoms with Gasteiger partial charge >= 0.3 is 5.97 Å². The highest BCUT2D eigenvalue weighted by molar-refractivity contribution is 7.91. The maximum atomic E-state index is 11.8. The molecule has 0 fully saturated rings. The van der Waals surface area contributed by atoms with Crippen molar-refractivity contribution >= 4 is 37.8 Å². The number of esters is 1. The third kappa shape index (κ3) is 3.60. The minimum absolute atomic E-state index is 0.0218.